The highest BCUT2D eigenvalue weighted by Gasteiger charge is 2.41. The van der Waals surface area contributed by atoms with Gasteiger partial charge in [-0.2, -0.15) is 13.2 Å². The zero-order chi connectivity index (χ0) is 32.7. The van der Waals surface area contributed by atoms with Crippen molar-refractivity contribution in [1.82, 2.24) is 9.88 Å². The molecule has 2 aromatic heterocycles. The number of carbonyl (C=O) groups excluding carboxylic acids is 2. The highest BCUT2D eigenvalue weighted by atomic mass is 19.4. The maximum absolute atomic E-state index is 13.6. The molecule has 4 aromatic rings. The zero-order valence-electron chi connectivity index (χ0n) is 25.7. The third-order valence-electron chi connectivity index (χ3n) is 8.40. The van der Waals surface area contributed by atoms with Crippen LogP contribution in [-0.2, 0) is 22.2 Å². The lowest BCUT2D eigenvalue weighted by Crippen LogP contribution is -2.38. The second kappa shape index (κ2) is 12.1. The number of anilines is 1. The van der Waals surface area contributed by atoms with E-state index in [-0.39, 0.29) is 17.7 Å². The number of carbonyl (C=O) groups is 2. The molecule has 2 aliphatic heterocycles. The third kappa shape index (κ3) is 5.86. The van der Waals surface area contributed by atoms with E-state index in [0.29, 0.717) is 39.5 Å². The fourth-order valence-corrected chi connectivity index (χ4v) is 5.82. The van der Waals surface area contributed by atoms with Crippen molar-refractivity contribution in [2.24, 2.45) is 0 Å². The van der Waals surface area contributed by atoms with E-state index >= 15 is 0 Å². The van der Waals surface area contributed by atoms with Gasteiger partial charge in [0.15, 0.2) is 0 Å². The number of aryl methyl sites for hydroxylation is 1. The molecule has 9 nitrogen and oxygen atoms in total. The summed E-state index contributed by atoms with van der Waals surface area (Å²) in [4.78, 5) is 33.9. The smallest absolute Gasteiger partial charge is 0.416 e. The first-order valence-corrected chi connectivity index (χ1v) is 14.7. The standard InChI is InChI=1S/C34H32F3N3O6/c1-19-12-22(14-24(13-19)34(35,36)37)31-20(2)40(33(42)46-31)17-27-25(7-9-30(38-27)39-10-5-11-39)26-15-21(6-8-28(26)43-3)29-16-23(18-45-29)32(41)44-4/h6-9,12-16,18,20,31H,5,10-11,17H2,1-4H3/t20-,31-/m0/s1. The molecule has 12 heteroatoms. The van der Waals surface area contributed by atoms with Crippen LogP contribution in [-0.4, -0.2) is 55.3 Å². The van der Waals surface area contributed by atoms with Gasteiger partial charge in [0.1, 0.15) is 29.7 Å². The average molecular weight is 636 g/mol. The summed E-state index contributed by atoms with van der Waals surface area (Å²) in [6, 6.07) is 14.0. The molecular formula is C34H32F3N3O6. The van der Waals surface area contributed by atoms with E-state index in [1.54, 1.807) is 45.2 Å². The molecule has 46 heavy (non-hydrogen) atoms. The number of esters is 1. The van der Waals surface area contributed by atoms with E-state index in [4.69, 9.17) is 23.6 Å². The Balaban J connectivity index is 1.38. The average Bonchev–Trinajstić information content (AvgIpc) is 3.60. The first-order valence-electron chi connectivity index (χ1n) is 14.7. The largest absolute Gasteiger partial charge is 0.496 e. The van der Waals surface area contributed by atoms with Crippen LogP contribution in [0.1, 0.15) is 52.2 Å². The molecule has 2 aliphatic rings. The van der Waals surface area contributed by atoms with Crippen LogP contribution in [0.2, 0.25) is 0 Å². The van der Waals surface area contributed by atoms with Crippen molar-refractivity contribution in [2.45, 2.75) is 45.1 Å². The van der Waals surface area contributed by atoms with Gasteiger partial charge in [-0.15, -0.1) is 0 Å². The monoisotopic (exact) mass is 635 g/mol. The maximum atomic E-state index is 13.6. The molecule has 6 rings (SSSR count). The number of hydrogen-bond acceptors (Lipinski definition) is 8. The summed E-state index contributed by atoms with van der Waals surface area (Å²) in [6.45, 7) is 5.07. The van der Waals surface area contributed by atoms with Crippen molar-refractivity contribution in [3.63, 3.8) is 0 Å². The Hall–Kier alpha value is -5.00. The van der Waals surface area contributed by atoms with Crippen molar-refractivity contribution >= 4 is 17.9 Å². The number of halogens is 3. The van der Waals surface area contributed by atoms with Gasteiger partial charge in [0.2, 0.25) is 0 Å². The number of aromatic nitrogens is 1. The Labute approximate surface area is 263 Å². The van der Waals surface area contributed by atoms with Crippen LogP contribution in [0.25, 0.3) is 22.5 Å². The van der Waals surface area contributed by atoms with Crippen LogP contribution in [0, 0.1) is 6.92 Å². The van der Waals surface area contributed by atoms with E-state index in [2.05, 4.69) is 4.90 Å². The van der Waals surface area contributed by atoms with Gasteiger partial charge in [-0.1, -0.05) is 11.6 Å². The van der Waals surface area contributed by atoms with Crippen molar-refractivity contribution in [3.05, 3.63) is 88.8 Å². The van der Waals surface area contributed by atoms with Crippen LogP contribution in [0.15, 0.2) is 65.3 Å². The molecule has 1 amide bonds. The number of amides is 1. The van der Waals surface area contributed by atoms with Gasteiger partial charge in [-0.05, 0) is 74.4 Å². The first kappa shape index (κ1) is 31.0. The number of hydrogen-bond donors (Lipinski definition) is 0. The molecule has 2 aromatic carbocycles. The number of rotatable bonds is 8. The molecule has 2 saturated heterocycles. The highest BCUT2D eigenvalue weighted by Crippen LogP contribution is 2.41. The van der Waals surface area contributed by atoms with Crippen LogP contribution in [0.4, 0.5) is 23.8 Å². The fraction of sp³-hybridized carbons (Fsp3) is 0.324. The van der Waals surface area contributed by atoms with Gasteiger partial charge in [0, 0.05) is 29.8 Å². The number of furan rings is 1. The lowest BCUT2D eigenvalue weighted by atomic mass is 9.97. The van der Waals surface area contributed by atoms with Gasteiger partial charge in [-0.3, -0.25) is 4.90 Å². The van der Waals surface area contributed by atoms with Gasteiger partial charge in [0.25, 0.3) is 0 Å². The topological polar surface area (TPSA) is 94.3 Å². The third-order valence-corrected chi connectivity index (χ3v) is 8.40. The van der Waals surface area contributed by atoms with E-state index in [1.165, 1.54) is 18.3 Å². The number of methoxy groups -OCH3 is 2. The van der Waals surface area contributed by atoms with Gasteiger partial charge in [-0.25, -0.2) is 14.6 Å². The van der Waals surface area contributed by atoms with Crippen LogP contribution >= 0.6 is 0 Å². The summed E-state index contributed by atoms with van der Waals surface area (Å²) < 4.78 is 62.7. The Morgan fingerprint density at radius 3 is 2.50 bits per heavy atom. The molecule has 0 bridgehead atoms. The predicted molar refractivity (Wildman–Crippen MR) is 163 cm³/mol. The molecule has 0 radical (unpaired) electrons. The molecule has 0 saturated carbocycles. The summed E-state index contributed by atoms with van der Waals surface area (Å²) in [6.07, 6.45) is -3.73. The number of cyclic esters (lactones) is 1. The van der Waals surface area contributed by atoms with Crippen molar-refractivity contribution in [1.29, 1.82) is 0 Å². The molecule has 0 aliphatic carbocycles. The molecule has 0 unspecified atom stereocenters. The molecule has 2 fully saturated rings. The normalized spacial score (nSPS) is 17.9. The van der Waals surface area contributed by atoms with Crippen LogP contribution < -0.4 is 9.64 Å². The predicted octanol–water partition coefficient (Wildman–Crippen LogP) is 7.42. The molecule has 0 spiro atoms. The summed E-state index contributed by atoms with van der Waals surface area (Å²) in [5.41, 5.74) is 2.73. The summed E-state index contributed by atoms with van der Waals surface area (Å²) in [5.74, 6) is 1.20. The summed E-state index contributed by atoms with van der Waals surface area (Å²) in [5, 5.41) is 0. The van der Waals surface area contributed by atoms with Crippen LogP contribution in [0.5, 0.6) is 5.75 Å². The SMILES string of the molecule is COC(=O)c1coc(-c2ccc(OC)c(-c3ccc(N4CCC4)nc3CN3C(=O)O[C@H](c4cc(C)cc(C(F)(F)F)c4)[C@@H]3C)c2)c1. The molecule has 4 heterocycles. The highest BCUT2D eigenvalue weighted by molar-refractivity contribution is 5.90. The van der Waals surface area contributed by atoms with E-state index in [0.717, 1.165) is 37.5 Å². The van der Waals surface area contributed by atoms with Gasteiger partial charge < -0.3 is 23.5 Å². The minimum atomic E-state index is -4.54. The van der Waals surface area contributed by atoms with Crippen molar-refractivity contribution in [2.75, 3.05) is 32.2 Å². The van der Waals surface area contributed by atoms with E-state index in [1.807, 2.05) is 18.2 Å². The lowest BCUT2D eigenvalue weighted by Gasteiger charge is -2.33. The maximum Gasteiger partial charge on any atom is 0.416 e. The van der Waals surface area contributed by atoms with E-state index < -0.39 is 35.9 Å². The number of alkyl halides is 3. The summed E-state index contributed by atoms with van der Waals surface area (Å²) in [7, 11) is 2.84. The zero-order valence-corrected chi connectivity index (χ0v) is 25.7. The Bertz CT molecular complexity index is 1800. The summed E-state index contributed by atoms with van der Waals surface area (Å²) >= 11 is 0. The van der Waals surface area contributed by atoms with Crippen molar-refractivity contribution < 1.29 is 41.4 Å². The Morgan fingerprint density at radius 2 is 1.83 bits per heavy atom. The van der Waals surface area contributed by atoms with Crippen LogP contribution in [0.3, 0.4) is 0 Å². The quantitative estimate of drug-likeness (QED) is 0.185. The number of nitrogens with zero attached hydrogens (tertiary/aromatic N) is 3. The fourth-order valence-electron chi connectivity index (χ4n) is 5.82. The Kier molecular flexibility index (Phi) is 8.13. The Morgan fingerprint density at radius 1 is 1.04 bits per heavy atom. The second-order valence-corrected chi connectivity index (χ2v) is 11.4. The minimum Gasteiger partial charge on any atom is -0.496 e. The molecular weight excluding hydrogens is 603 g/mol. The molecule has 0 N–H and O–H groups in total. The second-order valence-electron chi connectivity index (χ2n) is 11.4. The van der Waals surface area contributed by atoms with Crippen molar-refractivity contribution in [3.8, 4) is 28.2 Å². The number of ether oxygens (including phenoxy) is 3. The lowest BCUT2D eigenvalue weighted by molar-refractivity contribution is -0.137. The van der Waals surface area contributed by atoms with E-state index in [9.17, 15) is 22.8 Å². The number of benzene rings is 2. The molecule has 240 valence electrons. The van der Waals surface area contributed by atoms with Gasteiger partial charge >= 0.3 is 18.2 Å². The number of pyridine rings is 1. The minimum absolute atomic E-state index is 0.0338. The first-order chi connectivity index (χ1) is 22.0. The van der Waals surface area contributed by atoms with Gasteiger partial charge in [0.05, 0.1) is 43.6 Å². The molecule has 2 atom stereocenters.